The Labute approximate surface area is 60.3 Å². The molecule has 0 radical (unpaired) electrons. The summed E-state index contributed by atoms with van der Waals surface area (Å²) in [6, 6.07) is 0. The van der Waals surface area contributed by atoms with Crippen molar-refractivity contribution in [2.24, 2.45) is 0 Å². The summed E-state index contributed by atoms with van der Waals surface area (Å²) in [6.45, 7) is 1.54. The summed E-state index contributed by atoms with van der Waals surface area (Å²) in [4.78, 5) is 10.7. The average Bonchev–Trinajstić information content (AvgIpc) is 2.34. The van der Waals surface area contributed by atoms with Crippen LogP contribution in [0, 0.1) is 0 Å². The first-order chi connectivity index (χ1) is 4.74. The lowest BCUT2D eigenvalue weighted by atomic mass is 10.2. The van der Waals surface area contributed by atoms with Crippen LogP contribution in [0.4, 0.5) is 0 Å². The zero-order valence-corrected chi connectivity index (χ0v) is 6.29. The van der Waals surface area contributed by atoms with E-state index in [0.717, 1.165) is 12.8 Å². The van der Waals surface area contributed by atoms with Gasteiger partial charge in [-0.05, 0) is 13.3 Å². The summed E-state index contributed by atoms with van der Waals surface area (Å²) in [5.74, 6) is 0.0968. The Hall–Kier alpha value is -0.410. The molecule has 0 bridgehead atoms. The molecule has 0 aromatic rings. The van der Waals surface area contributed by atoms with Gasteiger partial charge in [0.05, 0.1) is 0 Å². The summed E-state index contributed by atoms with van der Waals surface area (Å²) >= 11 is 0. The van der Waals surface area contributed by atoms with Gasteiger partial charge in [-0.25, -0.2) is 0 Å². The van der Waals surface area contributed by atoms with E-state index >= 15 is 0 Å². The van der Waals surface area contributed by atoms with E-state index in [1.54, 1.807) is 14.0 Å². The van der Waals surface area contributed by atoms with Gasteiger partial charge in [0.1, 0.15) is 6.10 Å². The van der Waals surface area contributed by atoms with Gasteiger partial charge in [0, 0.05) is 13.5 Å². The maximum absolute atomic E-state index is 10.7. The maximum Gasteiger partial charge on any atom is 0.158 e. The molecule has 1 aliphatic heterocycles. The van der Waals surface area contributed by atoms with Gasteiger partial charge in [0.25, 0.3) is 0 Å². The third kappa shape index (κ3) is 1.55. The fourth-order valence-corrected chi connectivity index (χ4v) is 1.08. The molecule has 2 atom stereocenters. The zero-order chi connectivity index (χ0) is 7.56. The van der Waals surface area contributed by atoms with Crippen LogP contribution < -0.4 is 0 Å². The van der Waals surface area contributed by atoms with Crippen molar-refractivity contribution in [3.8, 4) is 0 Å². The molecular weight excluding hydrogens is 132 g/mol. The number of hydrogen-bond donors (Lipinski definition) is 0. The van der Waals surface area contributed by atoms with Crippen LogP contribution in [-0.2, 0) is 14.3 Å². The van der Waals surface area contributed by atoms with Crippen molar-refractivity contribution in [3.05, 3.63) is 0 Å². The minimum absolute atomic E-state index is 0.0968. The molecule has 1 rings (SSSR count). The molecule has 0 aliphatic carbocycles. The summed E-state index contributed by atoms with van der Waals surface area (Å²) in [5, 5.41) is 0. The molecule has 0 aromatic heterocycles. The van der Waals surface area contributed by atoms with Gasteiger partial charge in [-0.15, -0.1) is 0 Å². The van der Waals surface area contributed by atoms with Gasteiger partial charge in [-0.3, -0.25) is 4.79 Å². The molecule has 0 saturated carbocycles. The predicted molar refractivity (Wildman–Crippen MR) is 35.6 cm³/mol. The molecule has 3 heteroatoms. The Morgan fingerprint density at radius 2 is 2.30 bits per heavy atom. The maximum atomic E-state index is 10.7. The molecule has 0 aromatic carbocycles. The molecule has 1 fully saturated rings. The van der Waals surface area contributed by atoms with Crippen LogP contribution in [0.2, 0.25) is 0 Å². The van der Waals surface area contributed by atoms with Gasteiger partial charge < -0.3 is 9.47 Å². The SMILES string of the molecule is COC1CC[C@@H](C(C)=O)O1. The lowest BCUT2D eigenvalue weighted by molar-refractivity contribution is -0.144. The lowest BCUT2D eigenvalue weighted by Crippen LogP contribution is -2.18. The Kier molecular flexibility index (Phi) is 2.40. The Balaban J connectivity index is 2.35. The number of carbonyl (C=O) groups is 1. The van der Waals surface area contributed by atoms with Crippen molar-refractivity contribution in [2.75, 3.05) is 7.11 Å². The summed E-state index contributed by atoms with van der Waals surface area (Å²) in [6.07, 6.45) is 1.26. The van der Waals surface area contributed by atoms with Crippen molar-refractivity contribution < 1.29 is 14.3 Å². The number of hydrogen-bond acceptors (Lipinski definition) is 3. The van der Waals surface area contributed by atoms with Gasteiger partial charge in [-0.2, -0.15) is 0 Å². The molecule has 1 aliphatic rings. The third-order valence-electron chi connectivity index (χ3n) is 1.70. The second-order valence-electron chi connectivity index (χ2n) is 2.48. The van der Waals surface area contributed by atoms with Crippen LogP contribution in [0.1, 0.15) is 19.8 Å². The first-order valence-electron chi connectivity index (χ1n) is 3.42. The van der Waals surface area contributed by atoms with Crippen LogP contribution in [0.3, 0.4) is 0 Å². The van der Waals surface area contributed by atoms with Gasteiger partial charge in [0.2, 0.25) is 0 Å². The highest BCUT2D eigenvalue weighted by atomic mass is 16.7. The molecule has 10 heavy (non-hydrogen) atoms. The van der Waals surface area contributed by atoms with E-state index in [1.165, 1.54) is 0 Å². The van der Waals surface area contributed by atoms with E-state index in [-0.39, 0.29) is 18.2 Å². The van der Waals surface area contributed by atoms with E-state index in [4.69, 9.17) is 9.47 Å². The molecule has 58 valence electrons. The summed E-state index contributed by atoms with van der Waals surface area (Å²) < 4.78 is 10.1. The fraction of sp³-hybridized carbons (Fsp3) is 0.857. The predicted octanol–water partition coefficient (Wildman–Crippen LogP) is 0.727. The average molecular weight is 144 g/mol. The highest BCUT2D eigenvalue weighted by molar-refractivity contribution is 5.80. The first-order valence-corrected chi connectivity index (χ1v) is 3.42. The standard InChI is InChI=1S/C7H12O3/c1-5(8)6-3-4-7(9-2)10-6/h6-7H,3-4H2,1-2H3/t6-,7?/m0/s1. The highest BCUT2D eigenvalue weighted by Gasteiger charge is 2.27. The number of methoxy groups -OCH3 is 1. The van der Waals surface area contributed by atoms with Crippen molar-refractivity contribution in [3.63, 3.8) is 0 Å². The lowest BCUT2D eigenvalue weighted by Gasteiger charge is -2.08. The molecule has 1 heterocycles. The van der Waals surface area contributed by atoms with E-state index in [1.807, 2.05) is 0 Å². The van der Waals surface area contributed by atoms with Crippen LogP contribution in [0.25, 0.3) is 0 Å². The normalized spacial score (nSPS) is 32.6. The fourth-order valence-electron chi connectivity index (χ4n) is 1.08. The Morgan fingerprint density at radius 3 is 2.60 bits per heavy atom. The van der Waals surface area contributed by atoms with Crippen molar-refractivity contribution in [1.82, 2.24) is 0 Å². The van der Waals surface area contributed by atoms with E-state index in [9.17, 15) is 4.79 Å². The molecule has 1 saturated heterocycles. The largest absolute Gasteiger partial charge is 0.356 e. The van der Waals surface area contributed by atoms with Crippen molar-refractivity contribution in [1.29, 1.82) is 0 Å². The quantitative estimate of drug-likeness (QED) is 0.573. The number of ether oxygens (including phenoxy) is 2. The summed E-state index contributed by atoms with van der Waals surface area (Å²) in [5.41, 5.74) is 0. The van der Waals surface area contributed by atoms with Crippen molar-refractivity contribution in [2.45, 2.75) is 32.2 Å². The highest BCUT2D eigenvalue weighted by Crippen LogP contribution is 2.20. The number of ketones is 1. The molecule has 0 N–H and O–H groups in total. The number of rotatable bonds is 2. The first kappa shape index (κ1) is 7.69. The van der Waals surface area contributed by atoms with Crippen LogP contribution in [0.15, 0.2) is 0 Å². The number of Topliss-reactive ketones (excluding diaryl/α,β-unsaturated/α-hetero) is 1. The Bertz CT molecular complexity index is 133. The van der Waals surface area contributed by atoms with Gasteiger partial charge >= 0.3 is 0 Å². The number of carbonyl (C=O) groups excluding carboxylic acids is 1. The zero-order valence-electron chi connectivity index (χ0n) is 6.29. The molecule has 0 spiro atoms. The second-order valence-corrected chi connectivity index (χ2v) is 2.48. The topological polar surface area (TPSA) is 35.5 Å². The monoisotopic (exact) mass is 144 g/mol. The minimum Gasteiger partial charge on any atom is -0.356 e. The van der Waals surface area contributed by atoms with Crippen LogP contribution in [-0.4, -0.2) is 25.3 Å². The molecular formula is C7H12O3. The van der Waals surface area contributed by atoms with Crippen LogP contribution in [0.5, 0.6) is 0 Å². The smallest absolute Gasteiger partial charge is 0.158 e. The minimum atomic E-state index is -0.218. The van der Waals surface area contributed by atoms with Gasteiger partial charge in [-0.1, -0.05) is 0 Å². The van der Waals surface area contributed by atoms with E-state index in [0.29, 0.717) is 0 Å². The molecule has 0 amide bonds. The molecule has 3 nitrogen and oxygen atoms in total. The second kappa shape index (κ2) is 3.12. The molecule has 1 unspecified atom stereocenters. The van der Waals surface area contributed by atoms with Crippen LogP contribution >= 0.6 is 0 Å². The third-order valence-corrected chi connectivity index (χ3v) is 1.70. The van der Waals surface area contributed by atoms with Crippen molar-refractivity contribution >= 4 is 5.78 Å². The summed E-state index contributed by atoms with van der Waals surface area (Å²) in [7, 11) is 1.59. The Morgan fingerprint density at radius 1 is 1.60 bits per heavy atom. The van der Waals surface area contributed by atoms with E-state index in [2.05, 4.69) is 0 Å². The van der Waals surface area contributed by atoms with Gasteiger partial charge in [0.15, 0.2) is 12.1 Å². The van der Waals surface area contributed by atoms with E-state index < -0.39 is 0 Å².